The fourth-order valence-corrected chi connectivity index (χ4v) is 3.93. The molecule has 0 aliphatic rings. The molecule has 0 fully saturated rings. The summed E-state index contributed by atoms with van der Waals surface area (Å²) in [6, 6.07) is 17.9. The van der Waals surface area contributed by atoms with E-state index in [4.69, 9.17) is 4.74 Å². The Labute approximate surface area is 201 Å². The number of halogens is 1. The van der Waals surface area contributed by atoms with Gasteiger partial charge in [0.2, 0.25) is 5.95 Å². The lowest BCUT2D eigenvalue weighted by atomic mass is 10.1. The third kappa shape index (κ3) is 4.72. The van der Waals surface area contributed by atoms with Crippen molar-refractivity contribution < 1.29 is 13.9 Å². The molecule has 0 saturated heterocycles. The summed E-state index contributed by atoms with van der Waals surface area (Å²) in [6.07, 6.45) is 5.28. The minimum absolute atomic E-state index is 0.192. The number of amides is 1. The van der Waals surface area contributed by atoms with E-state index in [0.717, 1.165) is 16.6 Å². The standard InChI is InChI=1S/C27H22FN5O2/c1-17-13-19(14-26(28)32-17)16-30-27(34)21-5-3-6-24(18(21)2)35-25-9-11-29-23-15-20(7-8-22(23)25)33-12-4-10-31-33/h3-15H,16H2,1-2H3,(H,30,34). The predicted molar refractivity (Wildman–Crippen MR) is 130 cm³/mol. The van der Waals surface area contributed by atoms with Crippen LogP contribution in [0.1, 0.15) is 27.2 Å². The number of carbonyl (C=O) groups is 1. The molecule has 3 heterocycles. The molecule has 0 radical (unpaired) electrons. The van der Waals surface area contributed by atoms with Crippen LogP contribution in [0.2, 0.25) is 0 Å². The van der Waals surface area contributed by atoms with Crippen LogP contribution in [0.5, 0.6) is 11.5 Å². The van der Waals surface area contributed by atoms with Crippen molar-refractivity contribution in [3.63, 3.8) is 0 Å². The predicted octanol–water partition coefficient (Wildman–Crippen LogP) is 5.29. The molecule has 35 heavy (non-hydrogen) atoms. The first-order valence-electron chi connectivity index (χ1n) is 11.1. The summed E-state index contributed by atoms with van der Waals surface area (Å²) in [4.78, 5) is 21.1. The number of rotatable bonds is 6. The number of pyridine rings is 2. The number of hydrogen-bond donors (Lipinski definition) is 1. The van der Waals surface area contributed by atoms with E-state index in [-0.39, 0.29) is 12.5 Å². The largest absolute Gasteiger partial charge is 0.456 e. The van der Waals surface area contributed by atoms with Crippen LogP contribution in [-0.4, -0.2) is 25.7 Å². The molecule has 0 unspecified atom stereocenters. The van der Waals surface area contributed by atoms with E-state index in [1.807, 2.05) is 43.5 Å². The SMILES string of the molecule is Cc1cc(CNC(=O)c2cccc(Oc3ccnc4cc(-n5cccn5)ccc34)c2C)cc(F)n1. The maximum absolute atomic E-state index is 13.6. The third-order valence-corrected chi connectivity index (χ3v) is 5.64. The van der Waals surface area contributed by atoms with E-state index in [2.05, 4.69) is 20.4 Å². The van der Waals surface area contributed by atoms with Gasteiger partial charge in [-0.2, -0.15) is 9.49 Å². The molecule has 174 valence electrons. The van der Waals surface area contributed by atoms with Gasteiger partial charge in [0.1, 0.15) is 11.5 Å². The Morgan fingerprint density at radius 3 is 2.71 bits per heavy atom. The van der Waals surface area contributed by atoms with Crippen molar-refractivity contribution in [2.75, 3.05) is 0 Å². The van der Waals surface area contributed by atoms with Gasteiger partial charge in [0.25, 0.3) is 5.91 Å². The molecule has 0 spiro atoms. The maximum atomic E-state index is 13.6. The van der Waals surface area contributed by atoms with E-state index in [1.165, 1.54) is 6.07 Å². The molecule has 1 N–H and O–H groups in total. The molecule has 5 rings (SSSR count). The Balaban J connectivity index is 1.38. The topological polar surface area (TPSA) is 81.9 Å². The van der Waals surface area contributed by atoms with E-state index in [9.17, 15) is 9.18 Å². The fraction of sp³-hybridized carbons (Fsp3) is 0.111. The highest BCUT2D eigenvalue weighted by molar-refractivity contribution is 5.96. The number of nitrogens with one attached hydrogen (secondary N) is 1. The number of fused-ring (bicyclic) bond motifs is 1. The second kappa shape index (κ2) is 9.34. The van der Waals surface area contributed by atoms with E-state index < -0.39 is 5.95 Å². The quantitative estimate of drug-likeness (QED) is 0.343. The fourth-order valence-electron chi connectivity index (χ4n) is 3.93. The first kappa shape index (κ1) is 22.2. The molecule has 5 aromatic rings. The molecule has 0 aliphatic heterocycles. The lowest BCUT2D eigenvalue weighted by Gasteiger charge is -2.14. The van der Waals surface area contributed by atoms with Crippen LogP contribution in [0.3, 0.4) is 0 Å². The summed E-state index contributed by atoms with van der Waals surface area (Å²) in [5.74, 6) is 0.353. The van der Waals surface area contributed by atoms with Gasteiger partial charge in [0, 0.05) is 47.3 Å². The number of carbonyl (C=O) groups excluding carboxylic acids is 1. The van der Waals surface area contributed by atoms with Gasteiger partial charge in [-0.1, -0.05) is 6.07 Å². The lowest BCUT2D eigenvalue weighted by molar-refractivity contribution is 0.0950. The van der Waals surface area contributed by atoms with E-state index >= 15 is 0 Å². The highest BCUT2D eigenvalue weighted by Crippen LogP contribution is 2.32. The Morgan fingerprint density at radius 1 is 1.03 bits per heavy atom. The number of aromatic nitrogens is 4. The molecular formula is C27H22FN5O2. The Morgan fingerprint density at radius 2 is 1.91 bits per heavy atom. The van der Waals surface area contributed by atoms with Gasteiger partial charge in [0.15, 0.2) is 0 Å². The summed E-state index contributed by atoms with van der Waals surface area (Å²) in [6.45, 7) is 3.73. The molecule has 0 bridgehead atoms. The number of aryl methyl sites for hydroxylation is 1. The summed E-state index contributed by atoms with van der Waals surface area (Å²) < 4.78 is 21.6. The highest BCUT2D eigenvalue weighted by atomic mass is 19.1. The average molecular weight is 468 g/mol. The molecule has 3 aromatic heterocycles. The first-order valence-corrected chi connectivity index (χ1v) is 11.1. The summed E-state index contributed by atoms with van der Waals surface area (Å²) in [5, 5.41) is 7.95. The van der Waals surface area contributed by atoms with Crippen molar-refractivity contribution in [2.45, 2.75) is 20.4 Å². The van der Waals surface area contributed by atoms with Crippen LogP contribution >= 0.6 is 0 Å². The van der Waals surface area contributed by atoms with Crippen molar-refractivity contribution in [3.05, 3.63) is 108 Å². The van der Waals surface area contributed by atoms with Crippen molar-refractivity contribution >= 4 is 16.8 Å². The van der Waals surface area contributed by atoms with Crippen LogP contribution < -0.4 is 10.1 Å². The van der Waals surface area contributed by atoms with Crippen LogP contribution in [0.25, 0.3) is 16.6 Å². The van der Waals surface area contributed by atoms with Crippen molar-refractivity contribution in [1.29, 1.82) is 0 Å². The van der Waals surface area contributed by atoms with Crippen molar-refractivity contribution in [2.24, 2.45) is 0 Å². The normalized spacial score (nSPS) is 10.9. The molecular weight excluding hydrogens is 445 g/mol. The molecule has 0 saturated carbocycles. The highest BCUT2D eigenvalue weighted by Gasteiger charge is 2.15. The molecule has 1 amide bonds. The average Bonchev–Trinajstić information content (AvgIpc) is 3.38. The summed E-state index contributed by atoms with van der Waals surface area (Å²) >= 11 is 0. The number of nitrogens with zero attached hydrogens (tertiary/aromatic N) is 4. The minimum Gasteiger partial charge on any atom is -0.456 e. The van der Waals surface area contributed by atoms with E-state index in [0.29, 0.717) is 33.9 Å². The Kier molecular flexibility index (Phi) is 5.93. The van der Waals surface area contributed by atoms with Crippen LogP contribution in [0, 0.1) is 19.8 Å². The van der Waals surface area contributed by atoms with Gasteiger partial charge in [-0.3, -0.25) is 9.78 Å². The number of hydrogen-bond acceptors (Lipinski definition) is 5. The molecule has 0 atom stereocenters. The van der Waals surface area contributed by atoms with Crippen LogP contribution in [-0.2, 0) is 6.54 Å². The van der Waals surface area contributed by atoms with Gasteiger partial charge in [-0.05, 0) is 74.0 Å². The van der Waals surface area contributed by atoms with Gasteiger partial charge >= 0.3 is 0 Å². The molecule has 8 heteroatoms. The Hall–Kier alpha value is -4.59. The third-order valence-electron chi connectivity index (χ3n) is 5.64. The zero-order chi connectivity index (χ0) is 24.4. The second-order valence-corrected chi connectivity index (χ2v) is 8.11. The van der Waals surface area contributed by atoms with Crippen molar-refractivity contribution in [3.8, 4) is 17.2 Å². The zero-order valence-electron chi connectivity index (χ0n) is 19.2. The number of benzene rings is 2. The summed E-state index contributed by atoms with van der Waals surface area (Å²) in [5.41, 5.74) is 4.04. The van der Waals surface area contributed by atoms with Gasteiger partial charge < -0.3 is 10.1 Å². The summed E-state index contributed by atoms with van der Waals surface area (Å²) in [7, 11) is 0. The van der Waals surface area contributed by atoms with Gasteiger partial charge in [-0.15, -0.1) is 0 Å². The molecule has 0 aliphatic carbocycles. The van der Waals surface area contributed by atoms with Crippen LogP contribution in [0.4, 0.5) is 4.39 Å². The van der Waals surface area contributed by atoms with Gasteiger partial charge in [0.05, 0.1) is 11.2 Å². The smallest absolute Gasteiger partial charge is 0.251 e. The number of ether oxygens (including phenoxy) is 1. The maximum Gasteiger partial charge on any atom is 0.251 e. The van der Waals surface area contributed by atoms with E-state index in [1.54, 1.807) is 48.3 Å². The second-order valence-electron chi connectivity index (χ2n) is 8.11. The molecule has 7 nitrogen and oxygen atoms in total. The Bertz CT molecular complexity index is 1510. The van der Waals surface area contributed by atoms with Crippen molar-refractivity contribution in [1.82, 2.24) is 25.1 Å². The molecule has 2 aromatic carbocycles. The first-order chi connectivity index (χ1) is 17.0. The zero-order valence-corrected chi connectivity index (χ0v) is 19.2. The lowest BCUT2D eigenvalue weighted by Crippen LogP contribution is -2.24. The minimum atomic E-state index is -0.567. The monoisotopic (exact) mass is 467 g/mol. The van der Waals surface area contributed by atoms with Gasteiger partial charge in [-0.25, -0.2) is 9.67 Å². The van der Waals surface area contributed by atoms with Crippen LogP contribution in [0.15, 0.2) is 79.3 Å².